The van der Waals surface area contributed by atoms with Crippen LogP contribution in [0.3, 0.4) is 0 Å². The highest BCUT2D eigenvalue weighted by Gasteiger charge is 2.35. The summed E-state index contributed by atoms with van der Waals surface area (Å²) < 4.78 is 0. The maximum absolute atomic E-state index is 13.6. The molecule has 4 aromatic carbocycles. The van der Waals surface area contributed by atoms with Gasteiger partial charge in [0.25, 0.3) is 11.8 Å². The minimum atomic E-state index is -0.414. The van der Waals surface area contributed by atoms with Crippen molar-refractivity contribution in [3.8, 4) is 0 Å². The first-order valence-corrected chi connectivity index (χ1v) is 12.3. The summed E-state index contributed by atoms with van der Waals surface area (Å²) in [5.74, 6) is -0.675. The number of nitrogens with zero attached hydrogens (tertiary/aromatic N) is 3. The molecule has 7 heteroatoms. The highest BCUT2D eigenvalue weighted by Crippen LogP contribution is 2.30. The van der Waals surface area contributed by atoms with Gasteiger partial charge in [0.05, 0.1) is 12.4 Å². The van der Waals surface area contributed by atoms with Gasteiger partial charge in [0.15, 0.2) is 5.71 Å². The van der Waals surface area contributed by atoms with Crippen LogP contribution in [0.5, 0.6) is 0 Å². The highest BCUT2D eigenvalue weighted by atomic mass is 35.5. The van der Waals surface area contributed by atoms with Crippen LogP contribution in [0.1, 0.15) is 27.0 Å². The number of benzene rings is 4. The number of para-hydroxylation sites is 1. The van der Waals surface area contributed by atoms with Crippen molar-refractivity contribution < 1.29 is 9.59 Å². The predicted octanol–water partition coefficient (Wildman–Crippen LogP) is 5.48. The molecular weight excluding hydrogens is 484 g/mol. The molecule has 6 nitrogen and oxygen atoms in total. The molecule has 1 heterocycles. The van der Waals surface area contributed by atoms with Gasteiger partial charge in [-0.2, -0.15) is 5.10 Å². The van der Waals surface area contributed by atoms with E-state index in [1.54, 1.807) is 29.2 Å². The number of rotatable bonds is 8. The molecule has 0 fully saturated rings. The lowest BCUT2D eigenvalue weighted by atomic mass is 10.1. The molecule has 0 spiro atoms. The van der Waals surface area contributed by atoms with Crippen LogP contribution in [0.2, 0.25) is 5.02 Å². The molecule has 2 amide bonds. The zero-order chi connectivity index (χ0) is 25.6. The topological polar surface area (TPSA) is 65.0 Å². The molecule has 0 aromatic heterocycles. The maximum Gasteiger partial charge on any atom is 0.280 e. The Hall–Kier alpha value is -4.26. The van der Waals surface area contributed by atoms with E-state index in [0.29, 0.717) is 35.9 Å². The summed E-state index contributed by atoms with van der Waals surface area (Å²) in [6.45, 7) is 1.70. The third-order valence-corrected chi connectivity index (χ3v) is 6.36. The van der Waals surface area contributed by atoms with Gasteiger partial charge in [-0.3, -0.25) is 19.4 Å². The third kappa shape index (κ3) is 5.77. The largest absolute Gasteiger partial charge is 0.293 e. The molecule has 0 radical (unpaired) electrons. The van der Waals surface area contributed by atoms with Gasteiger partial charge in [0.2, 0.25) is 0 Å². The summed E-state index contributed by atoms with van der Waals surface area (Å²) in [7, 11) is 0. The van der Waals surface area contributed by atoms with Gasteiger partial charge in [-0.1, -0.05) is 90.5 Å². The van der Waals surface area contributed by atoms with E-state index in [1.165, 1.54) is 0 Å². The summed E-state index contributed by atoms with van der Waals surface area (Å²) in [4.78, 5) is 30.1. The van der Waals surface area contributed by atoms with E-state index in [1.807, 2.05) is 60.7 Å². The number of hydrazone groups is 1. The average Bonchev–Trinajstić information content (AvgIpc) is 3.19. The first-order chi connectivity index (χ1) is 18.1. The van der Waals surface area contributed by atoms with E-state index in [4.69, 9.17) is 11.6 Å². The monoisotopic (exact) mass is 508 g/mol. The molecule has 0 saturated heterocycles. The Morgan fingerprint density at radius 1 is 0.784 bits per heavy atom. The van der Waals surface area contributed by atoms with E-state index in [0.717, 1.165) is 16.8 Å². The second-order valence-electron chi connectivity index (χ2n) is 8.76. The summed E-state index contributed by atoms with van der Waals surface area (Å²) >= 11 is 5.92. The summed E-state index contributed by atoms with van der Waals surface area (Å²) in [5.41, 5.74) is 6.90. The van der Waals surface area contributed by atoms with Crippen molar-refractivity contribution in [2.24, 2.45) is 5.10 Å². The van der Waals surface area contributed by atoms with Crippen LogP contribution in [0.25, 0.3) is 0 Å². The fraction of sp³-hybridized carbons (Fsp3) is 0.100. The molecule has 0 unspecified atom stereocenters. The number of hydrogen-bond acceptors (Lipinski definition) is 4. The molecule has 37 heavy (non-hydrogen) atoms. The molecule has 1 aliphatic rings. The van der Waals surface area contributed by atoms with E-state index in [2.05, 4.69) is 39.7 Å². The van der Waals surface area contributed by atoms with E-state index in [-0.39, 0.29) is 11.6 Å². The Kier molecular flexibility index (Phi) is 7.40. The van der Waals surface area contributed by atoms with Crippen LogP contribution in [0.4, 0.5) is 5.69 Å². The Balaban J connectivity index is 1.40. The number of hydrogen-bond donors (Lipinski definition) is 1. The van der Waals surface area contributed by atoms with Crippen LogP contribution in [0, 0.1) is 0 Å². The number of fused-ring (bicyclic) bond motifs is 1. The Morgan fingerprint density at radius 2 is 1.35 bits per heavy atom. The van der Waals surface area contributed by atoms with Gasteiger partial charge in [0.1, 0.15) is 0 Å². The fourth-order valence-electron chi connectivity index (χ4n) is 4.32. The highest BCUT2D eigenvalue weighted by molar-refractivity contribution is 6.54. The number of nitrogens with one attached hydrogen (secondary N) is 1. The second kappa shape index (κ2) is 11.2. The molecule has 4 aromatic rings. The van der Waals surface area contributed by atoms with Crippen molar-refractivity contribution in [3.63, 3.8) is 0 Å². The van der Waals surface area contributed by atoms with E-state index >= 15 is 0 Å². The van der Waals surface area contributed by atoms with Crippen molar-refractivity contribution in [2.75, 3.05) is 11.6 Å². The molecule has 0 saturated carbocycles. The number of carbonyl (C=O) groups is 2. The third-order valence-electron chi connectivity index (χ3n) is 6.11. The Bertz CT molecular complexity index is 1380. The standard InChI is InChI=1S/C30H25ClN4O2/c31-25-17-15-24(16-18-25)29(36)33-32-28-26-13-7-8-14-27(26)35(30(28)37)21-34(19-22-9-3-1-4-10-22)20-23-11-5-2-6-12-23/h1-18H,19-21H2,(H,33,36). The van der Waals surface area contributed by atoms with Crippen molar-refractivity contribution in [2.45, 2.75) is 13.1 Å². The zero-order valence-corrected chi connectivity index (χ0v) is 20.8. The number of carbonyl (C=O) groups excluding carboxylic acids is 2. The minimum absolute atomic E-state index is 0.206. The summed E-state index contributed by atoms with van der Waals surface area (Å²) in [6.07, 6.45) is 0. The van der Waals surface area contributed by atoms with Gasteiger partial charge in [-0.15, -0.1) is 0 Å². The molecular formula is C30H25ClN4O2. The number of anilines is 1. The van der Waals surface area contributed by atoms with Crippen LogP contribution >= 0.6 is 11.6 Å². The SMILES string of the molecule is O=C(NN=C1C(=O)N(CN(Cc2ccccc2)Cc2ccccc2)c2ccccc21)c1ccc(Cl)cc1. The van der Waals surface area contributed by atoms with Crippen LogP contribution in [-0.2, 0) is 17.9 Å². The molecule has 0 bridgehead atoms. The molecule has 1 aliphatic heterocycles. The zero-order valence-electron chi connectivity index (χ0n) is 20.0. The molecule has 5 rings (SSSR count). The predicted molar refractivity (Wildman–Crippen MR) is 146 cm³/mol. The molecule has 0 atom stereocenters. The van der Waals surface area contributed by atoms with Crippen molar-refractivity contribution in [1.82, 2.24) is 10.3 Å². The van der Waals surface area contributed by atoms with E-state index in [9.17, 15) is 9.59 Å². The van der Waals surface area contributed by atoms with Crippen molar-refractivity contribution in [1.29, 1.82) is 0 Å². The molecule has 0 aliphatic carbocycles. The van der Waals surface area contributed by atoms with Gasteiger partial charge >= 0.3 is 0 Å². The second-order valence-corrected chi connectivity index (χ2v) is 9.19. The number of halogens is 1. The number of amides is 2. The summed E-state index contributed by atoms with van der Waals surface area (Å²) in [6, 6.07) is 34.4. The first kappa shape index (κ1) is 24.4. The van der Waals surface area contributed by atoms with Gasteiger partial charge in [0, 0.05) is 29.2 Å². The fourth-order valence-corrected chi connectivity index (χ4v) is 4.45. The van der Waals surface area contributed by atoms with Crippen molar-refractivity contribution in [3.05, 3.63) is 136 Å². The van der Waals surface area contributed by atoms with E-state index < -0.39 is 5.91 Å². The molecule has 1 N–H and O–H groups in total. The smallest absolute Gasteiger partial charge is 0.280 e. The lowest BCUT2D eigenvalue weighted by Crippen LogP contribution is -2.41. The lowest BCUT2D eigenvalue weighted by molar-refractivity contribution is -0.112. The van der Waals surface area contributed by atoms with Gasteiger partial charge < -0.3 is 0 Å². The molecule has 184 valence electrons. The van der Waals surface area contributed by atoms with Crippen LogP contribution in [-0.4, -0.2) is 29.1 Å². The van der Waals surface area contributed by atoms with Crippen molar-refractivity contribution >= 4 is 34.8 Å². The minimum Gasteiger partial charge on any atom is -0.293 e. The quantitative estimate of drug-likeness (QED) is 0.320. The first-order valence-electron chi connectivity index (χ1n) is 11.9. The van der Waals surface area contributed by atoms with Gasteiger partial charge in [-0.25, -0.2) is 5.43 Å². The summed E-state index contributed by atoms with van der Waals surface area (Å²) in [5, 5.41) is 4.78. The van der Waals surface area contributed by atoms with Crippen LogP contribution < -0.4 is 10.3 Å². The maximum atomic E-state index is 13.6. The average molecular weight is 509 g/mol. The Labute approximate surface area is 220 Å². The lowest BCUT2D eigenvalue weighted by Gasteiger charge is -2.28. The van der Waals surface area contributed by atoms with Crippen LogP contribution in [0.15, 0.2) is 114 Å². The van der Waals surface area contributed by atoms with Gasteiger partial charge in [-0.05, 0) is 41.5 Å². The Morgan fingerprint density at radius 3 is 1.97 bits per heavy atom. The normalized spacial score (nSPS) is 13.7.